The standard InChI is InChI=1S/C14H15N5O/c1-11(20)13-7-8-18(16-13)9-14-15-10-19(17-14)12-5-3-2-4-6-12/h2-8,10-11,20H,9H2,1H3. The number of benzene rings is 1. The molecule has 1 N–H and O–H groups in total. The monoisotopic (exact) mass is 269 g/mol. The van der Waals surface area contributed by atoms with Crippen LogP contribution >= 0.6 is 0 Å². The average molecular weight is 269 g/mol. The number of hydrogen-bond donors (Lipinski definition) is 1. The summed E-state index contributed by atoms with van der Waals surface area (Å²) in [6.45, 7) is 2.17. The molecule has 0 bridgehead atoms. The van der Waals surface area contributed by atoms with Gasteiger partial charge in [0.15, 0.2) is 5.82 Å². The third-order valence-electron chi connectivity index (χ3n) is 2.95. The fourth-order valence-electron chi connectivity index (χ4n) is 1.91. The Morgan fingerprint density at radius 3 is 2.65 bits per heavy atom. The van der Waals surface area contributed by atoms with Gasteiger partial charge in [0.1, 0.15) is 12.9 Å². The lowest BCUT2D eigenvalue weighted by molar-refractivity contribution is 0.193. The fraction of sp³-hybridized carbons (Fsp3) is 0.214. The molecule has 3 aromatic rings. The van der Waals surface area contributed by atoms with Gasteiger partial charge in [0.2, 0.25) is 0 Å². The Morgan fingerprint density at radius 1 is 1.15 bits per heavy atom. The molecule has 0 aliphatic heterocycles. The quantitative estimate of drug-likeness (QED) is 0.780. The largest absolute Gasteiger partial charge is 0.387 e. The molecule has 0 saturated carbocycles. The molecule has 0 spiro atoms. The van der Waals surface area contributed by atoms with E-state index in [4.69, 9.17) is 0 Å². The summed E-state index contributed by atoms with van der Waals surface area (Å²) in [6, 6.07) is 11.6. The molecule has 0 aliphatic rings. The fourth-order valence-corrected chi connectivity index (χ4v) is 1.91. The van der Waals surface area contributed by atoms with Crippen LogP contribution in [0.25, 0.3) is 5.69 Å². The summed E-state index contributed by atoms with van der Waals surface area (Å²) in [5.41, 5.74) is 1.61. The summed E-state index contributed by atoms with van der Waals surface area (Å²) in [5.74, 6) is 0.675. The van der Waals surface area contributed by atoms with Crippen LogP contribution in [0.2, 0.25) is 0 Å². The molecule has 3 rings (SSSR count). The van der Waals surface area contributed by atoms with E-state index in [1.807, 2.05) is 36.5 Å². The van der Waals surface area contributed by atoms with Crippen molar-refractivity contribution >= 4 is 0 Å². The van der Waals surface area contributed by atoms with Gasteiger partial charge in [-0.25, -0.2) is 9.67 Å². The topological polar surface area (TPSA) is 68.8 Å². The highest BCUT2D eigenvalue weighted by Crippen LogP contribution is 2.09. The highest BCUT2D eigenvalue weighted by molar-refractivity contribution is 5.29. The van der Waals surface area contributed by atoms with E-state index < -0.39 is 6.10 Å². The summed E-state index contributed by atoms with van der Waals surface area (Å²) in [6.07, 6.45) is 2.93. The smallest absolute Gasteiger partial charge is 0.172 e. The first kappa shape index (κ1) is 12.6. The maximum atomic E-state index is 9.44. The van der Waals surface area contributed by atoms with Crippen molar-refractivity contribution in [1.82, 2.24) is 24.5 Å². The van der Waals surface area contributed by atoms with Crippen molar-refractivity contribution in [2.45, 2.75) is 19.6 Å². The van der Waals surface area contributed by atoms with Gasteiger partial charge >= 0.3 is 0 Å². The van der Waals surface area contributed by atoms with Crippen LogP contribution in [-0.2, 0) is 6.54 Å². The second-order valence-corrected chi connectivity index (χ2v) is 4.56. The van der Waals surface area contributed by atoms with Gasteiger partial charge in [-0.2, -0.15) is 5.10 Å². The van der Waals surface area contributed by atoms with Crippen molar-refractivity contribution in [3.05, 3.63) is 60.4 Å². The molecule has 6 heteroatoms. The summed E-state index contributed by atoms with van der Waals surface area (Å²) < 4.78 is 3.45. The molecule has 1 atom stereocenters. The number of aliphatic hydroxyl groups excluding tert-OH is 1. The molecule has 0 radical (unpaired) electrons. The summed E-state index contributed by atoms with van der Waals surface area (Å²) >= 11 is 0. The SMILES string of the molecule is CC(O)c1ccn(Cc2ncn(-c3ccccc3)n2)n1. The van der Waals surface area contributed by atoms with Crippen molar-refractivity contribution < 1.29 is 5.11 Å². The predicted molar refractivity (Wildman–Crippen MR) is 73.3 cm³/mol. The minimum Gasteiger partial charge on any atom is -0.387 e. The van der Waals surface area contributed by atoms with Crippen molar-refractivity contribution in [3.8, 4) is 5.69 Å². The lowest BCUT2D eigenvalue weighted by Crippen LogP contribution is -2.04. The van der Waals surface area contributed by atoms with Gasteiger partial charge in [0.05, 0.1) is 17.5 Å². The molecule has 0 aliphatic carbocycles. The first-order valence-electron chi connectivity index (χ1n) is 6.40. The number of aliphatic hydroxyl groups is 1. The Bertz CT molecular complexity index is 686. The highest BCUT2D eigenvalue weighted by Gasteiger charge is 2.07. The van der Waals surface area contributed by atoms with Crippen molar-refractivity contribution in [2.24, 2.45) is 0 Å². The summed E-state index contributed by atoms with van der Waals surface area (Å²) in [4.78, 5) is 4.27. The van der Waals surface area contributed by atoms with Gasteiger partial charge in [0.25, 0.3) is 0 Å². The number of aromatic nitrogens is 5. The van der Waals surface area contributed by atoms with Gasteiger partial charge in [-0.05, 0) is 25.1 Å². The van der Waals surface area contributed by atoms with Crippen LogP contribution < -0.4 is 0 Å². The molecule has 6 nitrogen and oxygen atoms in total. The Labute approximate surface area is 116 Å². The van der Waals surface area contributed by atoms with E-state index in [1.165, 1.54) is 0 Å². The molecular weight excluding hydrogens is 254 g/mol. The van der Waals surface area contributed by atoms with Gasteiger partial charge in [0, 0.05) is 6.20 Å². The van der Waals surface area contributed by atoms with Gasteiger partial charge < -0.3 is 5.11 Å². The number of hydrogen-bond acceptors (Lipinski definition) is 4. The molecule has 2 heterocycles. The van der Waals surface area contributed by atoms with E-state index in [0.717, 1.165) is 5.69 Å². The van der Waals surface area contributed by atoms with E-state index in [2.05, 4.69) is 15.2 Å². The predicted octanol–water partition coefficient (Wildman–Crippen LogP) is 1.57. The second kappa shape index (κ2) is 5.26. The number of para-hydroxylation sites is 1. The number of nitrogens with zero attached hydrogens (tertiary/aromatic N) is 5. The van der Waals surface area contributed by atoms with E-state index in [9.17, 15) is 5.11 Å². The van der Waals surface area contributed by atoms with Gasteiger partial charge in [-0.3, -0.25) is 4.68 Å². The first-order chi connectivity index (χ1) is 9.72. The maximum absolute atomic E-state index is 9.44. The van der Waals surface area contributed by atoms with Gasteiger partial charge in [-0.15, -0.1) is 5.10 Å². The molecule has 0 saturated heterocycles. The first-order valence-corrected chi connectivity index (χ1v) is 6.40. The lowest BCUT2D eigenvalue weighted by Gasteiger charge is -2.00. The minimum atomic E-state index is -0.564. The van der Waals surface area contributed by atoms with Crippen molar-refractivity contribution in [2.75, 3.05) is 0 Å². The lowest BCUT2D eigenvalue weighted by atomic mass is 10.3. The Morgan fingerprint density at radius 2 is 1.95 bits per heavy atom. The van der Waals surface area contributed by atoms with Crippen LogP contribution in [0.3, 0.4) is 0 Å². The van der Waals surface area contributed by atoms with E-state index >= 15 is 0 Å². The van der Waals surface area contributed by atoms with Crippen molar-refractivity contribution in [1.29, 1.82) is 0 Å². The zero-order chi connectivity index (χ0) is 13.9. The molecule has 0 amide bonds. The normalized spacial score (nSPS) is 12.5. The molecule has 0 fully saturated rings. The van der Waals surface area contributed by atoms with Crippen LogP contribution in [0.1, 0.15) is 24.5 Å². The van der Waals surface area contributed by atoms with Crippen LogP contribution in [0.4, 0.5) is 0 Å². The summed E-state index contributed by atoms with van der Waals surface area (Å²) in [5, 5.41) is 18.1. The van der Waals surface area contributed by atoms with E-state index in [1.54, 1.807) is 28.7 Å². The molecule has 2 aromatic heterocycles. The van der Waals surface area contributed by atoms with Crippen LogP contribution in [0.15, 0.2) is 48.9 Å². The third-order valence-corrected chi connectivity index (χ3v) is 2.95. The average Bonchev–Trinajstić information content (AvgIpc) is 3.10. The second-order valence-electron chi connectivity index (χ2n) is 4.56. The maximum Gasteiger partial charge on any atom is 0.172 e. The Hall–Kier alpha value is -2.47. The van der Waals surface area contributed by atoms with E-state index in [0.29, 0.717) is 18.1 Å². The van der Waals surface area contributed by atoms with Crippen molar-refractivity contribution in [3.63, 3.8) is 0 Å². The molecule has 1 aromatic carbocycles. The summed E-state index contributed by atoms with van der Waals surface area (Å²) in [7, 11) is 0. The van der Waals surface area contributed by atoms with Crippen LogP contribution in [0.5, 0.6) is 0 Å². The Balaban J connectivity index is 1.77. The van der Waals surface area contributed by atoms with Crippen LogP contribution in [0, 0.1) is 0 Å². The molecule has 20 heavy (non-hydrogen) atoms. The molecule has 102 valence electrons. The van der Waals surface area contributed by atoms with Crippen LogP contribution in [-0.4, -0.2) is 29.7 Å². The van der Waals surface area contributed by atoms with Gasteiger partial charge in [-0.1, -0.05) is 18.2 Å². The zero-order valence-corrected chi connectivity index (χ0v) is 11.1. The Kier molecular flexibility index (Phi) is 3.30. The minimum absolute atomic E-state index is 0.479. The zero-order valence-electron chi connectivity index (χ0n) is 11.1. The highest BCUT2D eigenvalue weighted by atomic mass is 16.3. The third kappa shape index (κ3) is 2.60. The molecule has 1 unspecified atom stereocenters. The molecular formula is C14H15N5O. The van der Waals surface area contributed by atoms with E-state index in [-0.39, 0.29) is 0 Å². The number of rotatable bonds is 4.